The molecule has 9 heteroatoms. The molecular formula is C18H19F4N3O2. The van der Waals surface area contributed by atoms with Crippen molar-refractivity contribution in [2.24, 2.45) is 10.7 Å². The third-order valence-electron chi connectivity index (χ3n) is 3.72. The van der Waals surface area contributed by atoms with Gasteiger partial charge in [0.15, 0.2) is 17.5 Å². The number of nitrogens with zero attached hydrogens (tertiary/aromatic N) is 1. The number of rotatable bonds is 6. The minimum Gasteiger partial charge on any atom is -0.493 e. The Hall–Kier alpha value is -2.97. The van der Waals surface area contributed by atoms with Gasteiger partial charge in [-0.1, -0.05) is 12.1 Å². The van der Waals surface area contributed by atoms with E-state index in [1.165, 1.54) is 14.2 Å². The summed E-state index contributed by atoms with van der Waals surface area (Å²) in [5.74, 6) is 0.0913. The molecule has 0 fully saturated rings. The number of guanidine groups is 1. The number of alkyl halides is 3. The minimum absolute atomic E-state index is 0.0396. The lowest BCUT2D eigenvalue weighted by atomic mass is 10.1. The molecule has 2 aromatic carbocycles. The van der Waals surface area contributed by atoms with Crippen LogP contribution in [0.15, 0.2) is 41.4 Å². The van der Waals surface area contributed by atoms with Crippen molar-refractivity contribution in [2.45, 2.75) is 19.3 Å². The second-order valence-corrected chi connectivity index (χ2v) is 5.54. The first-order chi connectivity index (χ1) is 12.7. The van der Waals surface area contributed by atoms with Crippen molar-refractivity contribution in [1.29, 1.82) is 0 Å². The van der Waals surface area contributed by atoms with Crippen LogP contribution in [0.5, 0.6) is 11.5 Å². The Morgan fingerprint density at radius 2 is 1.78 bits per heavy atom. The molecule has 0 atom stereocenters. The largest absolute Gasteiger partial charge is 0.493 e. The fraction of sp³-hybridized carbons (Fsp3) is 0.278. The van der Waals surface area contributed by atoms with Crippen molar-refractivity contribution in [1.82, 2.24) is 5.32 Å². The summed E-state index contributed by atoms with van der Waals surface area (Å²) in [5.41, 5.74) is 5.30. The average molecular weight is 385 g/mol. The van der Waals surface area contributed by atoms with Crippen molar-refractivity contribution < 1.29 is 27.0 Å². The molecule has 27 heavy (non-hydrogen) atoms. The van der Waals surface area contributed by atoms with E-state index in [1.54, 1.807) is 18.2 Å². The Labute approximate surface area is 153 Å². The highest BCUT2D eigenvalue weighted by Gasteiger charge is 2.33. The standard InChI is InChI=1S/C18H19F4N3O2/c1-26-15-6-3-11(7-16(15)27-2)9-24-17(23)25-10-12-4-5-13(19)8-14(12)18(20,21)22/h3-8H,9-10H2,1-2H3,(H3,23,24,25). The molecule has 0 spiro atoms. The Bertz CT molecular complexity index is 823. The van der Waals surface area contributed by atoms with Crippen LogP contribution in [0.4, 0.5) is 17.6 Å². The molecule has 0 amide bonds. The third-order valence-corrected chi connectivity index (χ3v) is 3.72. The Kier molecular flexibility index (Phi) is 6.49. The van der Waals surface area contributed by atoms with E-state index in [1.807, 2.05) is 0 Å². The maximum atomic E-state index is 13.1. The Morgan fingerprint density at radius 3 is 2.41 bits per heavy atom. The molecule has 0 unspecified atom stereocenters. The first-order valence-electron chi connectivity index (χ1n) is 7.85. The zero-order valence-corrected chi connectivity index (χ0v) is 14.7. The molecular weight excluding hydrogens is 366 g/mol. The molecule has 2 aromatic rings. The fourth-order valence-corrected chi connectivity index (χ4v) is 2.36. The topological polar surface area (TPSA) is 68.9 Å². The second kappa shape index (κ2) is 8.61. The zero-order valence-electron chi connectivity index (χ0n) is 14.7. The molecule has 0 bridgehead atoms. The quantitative estimate of drug-likeness (QED) is 0.454. The third kappa shape index (κ3) is 5.50. The van der Waals surface area contributed by atoms with Crippen LogP contribution >= 0.6 is 0 Å². The number of hydrogen-bond donors (Lipinski definition) is 2. The maximum absolute atomic E-state index is 13.1. The monoisotopic (exact) mass is 385 g/mol. The molecule has 0 heterocycles. The predicted octanol–water partition coefficient (Wildman–Crippen LogP) is 3.47. The number of aliphatic imine (C=N–C) groups is 1. The summed E-state index contributed by atoms with van der Waals surface area (Å²) >= 11 is 0. The number of ether oxygens (including phenoxy) is 2. The smallest absolute Gasteiger partial charge is 0.416 e. The van der Waals surface area contributed by atoms with Gasteiger partial charge in [0, 0.05) is 6.54 Å². The van der Waals surface area contributed by atoms with Gasteiger partial charge in [0.2, 0.25) is 0 Å². The van der Waals surface area contributed by atoms with Crippen LogP contribution in [-0.2, 0) is 19.3 Å². The summed E-state index contributed by atoms with van der Waals surface area (Å²) < 4.78 is 62.4. The number of methoxy groups -OCH3 is 2. The van der Waals surface area contributed by atoms with E-state index in [4.69, 9.17) is 15.2 Å². The van der Waals surface area contributed by atoms with E-state index in [-0.39, 0.29) is 24.6 Å². The maximum Gasteiger partial charge on any atom is 0.416 e. The highest BCUT2D eigenvalue weighted by Crippen LogP contribution is 2.32. The minimum atomic E-state index is -4.66. The van der Waals surface area contributed by atoms with Crippen LogP contribution in [0, 0.1) is 5.82 Å². The van der Waals surface area contributed by atoms with Crippen molar-refractivity contribution in [3.05, 3.63) is 58.9 Å². The predicted molar refractivity (Wildman–Crippen MR) is 93.1 cm³/mol. The lowest BCUT2D eigenvalue weighted by molar-refractivity contribution is -0.138. The second-order valence-electron chi connectivity index (χ2n) is 5.54. The van der Waals surface area contributed by atoms with Crippen LogP contribution in [-0.4, -0.2) is 20.2 Å². The van der Waals surface area contributed by atoms with Gasteiger partial charge < -0.3 is 20.5 Å². The molecule has 0 aliphatic heterocycles. The number of nitrogens with two attached hydrogens (primary N) is 1. The van der Waals surface area contributed by atoms with E-state index >= 15 is 0 Å². The molecule has 0 saturated heterocycles. The number of benzene rings is 2. The van der Waals surface area contributed by atoms with E-state index in [0.29, 0.717) is 17.6 Å². The van der Waals surface area contributed by atoms with Gasteiger partial charge in [-0.3, -0.25) is 0 Å². The highest BCUT2D eigenvalue weighted by atomic mass is 19.4. The van der Waals surface area contributed by atoms with Crippen molar-refractivity contribution >= 4 is 5.96 Å². The van der Waals surface area contributed by atoms with Crippen molar-refractivity contribution in [3.63, 3.8) is 0 Å². The van der Waals surface area contributed by atoms with E-state index < -0.39 is 17.6 Å². The lowest BCUT2D eigenvalue weighted by Gasteiger charge is -2.14. The average Bonchev–Trinajstić information content (AvgIpc) is 2.64. The summed E-state index contributed by atoms with van der Waals surface area (Å²) in [7, 11) is 3.02. The van der Waals surface area contributed by atoms with Crippen molar-refractivity contribution in [2.75, 3.05) is 14.2 Å². The van der Waals surface area contributed by atoms with Gasteiger partial charge in [0.05, 0.1) is 26.3 Å². The molecule has 146 valence electrons. The van der Waals surface area contributed by atoms with Gasteiger partial charge in [-0.05, 0) is 35.4 Å². The van der Waals surface area contributed by atoms with Gasteiger partial charge in [-0.2, -0.15) is 13.2 Å². The molecule has 0 saturated carbocycles. The van der Waals surface area contributed by atoms with Crippen molar-refractivity contribution in [3.8, 4) is 11.5 Å². The molecule has 2 rings (SSSR count). The van der Waals surface area contributed by atoms with Crippen LogP contribution in [0.25, 0.3) is 0 Å². The summed E-state index contributed by atoms with van der Waals surface area (Å²) in [4.78, 5) is 4.08. The normalized spacial score (nSPS) is 12.0. The molecule has 0 aliphatic carbocycles. The van der Waals surface area contributed by atoms with E-state index in [2.05, 4.69) is 10.3 Å². The summed E-state index contributed by atoms with van der Waals surface area (Å²) in [6, 6.07) is 7.67. The zero-order chi connectivity index (χ0) is 20.0. The van der Waals surface area contributed by atoms with Gasteiger partial charge in [0.1, 0.15) is 5.82 Å². The molecule has 0 aromatic heterocycles. The molecule has 3 N–H and O–H groups in total. The van der Waals surface area contributed by atoms with Gasteiger partial charge in [-0.25, -0.2) is 9.38 Å². The highest BCUT2D eigenvalue weighted by molar-refractivity contribution is 5.77. The van der Waals surface area contributed by atoms with Gasteiger partial charge in [-0.15, -0.1) is 0 Å². The SMILES string of the molecule is COc1ccc(CN=C(N)NCc2ccc(F)cc2C(F)(F)F)cc1OC. The number of halogens is 4. The molecule has 0 aliphatic rings. The van der Waals surface area contributed by atoms with Crippen LogP contribution in [0.2, 0.25) is 0 Å². The molecule has 5 nitrogen and oxygen atoms in total. The first-order valence-corrected chi connectivity index (χ1v) is 7.85. The van der Waals surface area contributed by atoms with Gasteiger partial charge >= 0.3 is 6.18 Å². The van der Waals surface area contributed by atoms with Crippen LogP contribution in [0.3, 0.4) is 0 Å². The summed E-state index contributed by atoms with van der Waals surface area (Å²) in [6.45, 7) is -0.0505. The van der Waals surface area contributed by atoms with E-state index in [0.717, 1.165) is 17.7 Å². The Balaban J connectivity index is 2.05. The Morgan fingerprint density at radius 1 is 1.07 bits per heavy atom. The van der Waals surface area contributed by atoms with Crippen LogP contribution < -0.4 is 20.5 Å². The summed E-state index contributed by atoms with van der Waals surface area (Å²) in [6.07, 6.45) is -4.66. The first kappa shape index (κ1) is 20.3. The lowest BCUT2D eigenvalue weighted by Crippen LogP contribution is -2.32. The van der Waals surface area contributed by atoms with Crippen LogP contribution in [0.1, 0.15) is 16.7 Å². The number of nitrogens with one attached hydrogen (secondary N) is 1. The fourth-order valence-electron chi connectivity index (χ4n) is 2.36. The van der Waals surface area contributed by atoms with E-state index in [9.17, 15) is 17.6 Å². The molecule has 0 radical (unpaired) electrons. The summed E-state index contributed by atoms with van der Waals surface area (Å²) in [5, 5.41) is 2.60. The van der Waals surface area contributed by atoms with Gasteiger partial charge in [0.25, 0.3) is 0 Å². The number of hydrogen-bond acceptors (Lipinski definition) is 3.